The largest absolute Gasteiger partial charge is 0.478 e. The molecular formula is C29H52O4. The van der Waals surface area contributed by atoms with Crippen LogP contribution < -0.4 is 0 Å². The first-order chi connectivity index (χ1) is 16.0. The number of carboxylic acid groups (broad SMARTS) is 1. The Labute approximate surface area is 204 Å². The lowest BCUT2D eigenvalue weighted by molar-refractivity contribution is -0.139. The molecule has 0 spiro atoms. The Balaban J connectivity index is 3.38. The monoisotopic (exact) mass is 464 g/mol. The molecule has 33 heavy (non-hydrogen) atoms. The third kappa shape index (κ3) is 22.0. The molecule has 0 atom stereocenters. The van der Waals surface area contributed by atoms with Gasteiger partial charge in [-0.25, -0.2) is 9.59 Å². The lowest BCUT2D eigenvalue weighted by Crippen LogP contribution is -2.08. The van der Waals surface area contributed by atoms with Crippen LogP contribution in [0.3, 0.4) is 0 Å². The molecule has 0 heterocycles. The molecule has 0 aliphatic rings. The molecule has 0 bridgehead atoms. The summed E-state index contributed by atoms with van der Waals surface area (Å²) in [6, 6.07) is 0. The second-order valence-electron chi connectivity index (χ2n) is 9.48. The van der Waals surface area contributed by atoms with Gasteiger partial charge in [0.15, 0.2) is 0 Å². The number of ether oxygens (including phenoxy) is 1. The fourth-order valence-electron chi connectivity index (χ4n) is 3.91. The number of esters is 1. The maximum absolute atomic E-state index is 12.0. The Kier molecular flexibility index (Phi) is 22.4. The standard InChI is InChI=1S/C29H52O4/c1-4-5-6-7-8-9-10-11-12-13-14-15-16-17-18-20-24-27(3)29(32)33-25-22-19-21-23-26(2)28(30)31/h23H,3-22,24-25H2,1-2H3,(H,30,31). The van der Waals surface area contributed by atoms with Gasteiger partial charge in [0.25, 0.3) is 0 Å². The Morgan fingerprint density at radius 1 is 0.727 bits per heavy atom. The molecule has 0 aromatic rings. The molecule has 1 N–H and O–H groups in total. The highest BCUT2D eigenvalue weighted by Gasteiger charge is 2.08. The average Bonchev–Trinajstić information content (AvgIpc) is 2.80. The summed E-state index contributed by atoms with van der Waals surface area (Å²) in [4.78, 5) is 22.6. The van der Waals surface area contributed by atoms with E-state index in [-0.39, 0.29) is 5.97 Å². The van der Waals surface area contributed by atoms with Gasteiger partial charge in [-0.15, -0.1) is 0 Å². The van der Waals surface area contributed by atoms with E-state index in [4.69, 9.17) is 9.84 Å². The summed E-state index contributed by atoms with van der Waals surface area (Å²) in [5.74, 6) is -1.17. The quantitative estimate of drug-likeness (QED) is 0.0879. The van der Waals surface area contributed by atoms with Crippen molar-refractivity contribution in [1.82, 2.24) is 0 Å². The van der Waals surface area contributed by atoms with Crippen molar-refractivity contribution < 1.29 is 19.4 Å². The molecule has 0 unspecified atom stereocenters. The highest BCUT2D eigenvalue weighted by molar-refractivity contribution is 5.87. The van der Waals surface area contributed by atoms with Crippen LogP contribution >= 0.6 is 0 Å². The zero-order valence-electron chi connectivity index (χ0n) is 21.8. The van der Waals surface area contributed by atoms with Gasteiger partial charge in [0.2, 0.25) is 0 Å². The summed E-state index contributed by atoms with van der Waals surface area (Å²) < 4.78 is 5.26. The average molecular weight is 465 g/mol. The Hall–Kier alpha value is -1.58. The lowest BCUT2D eigenvalue weighted by Gasteiger charge is -2.07. The number of carbonyl (C=O) groups is 2. The summed E-state index contributed by atoms with van der Waals surface area (Å²) in [5, 5.41) is 8.78. The third-order valence-corrected chi connectivity index (χ3v) is 6.24. The second kappa shape index (κ2) is 23.6. The van der Waals surface area contributed by atoms with E-state index < -0.39 is 5.97 Å². The molecule has 0 amide bonds. The SMILES string of the molecule is C=C(CCCCCCCCCCCCCCCCCC)C(=O)OCCCCC=C(C)C(=O)O. The van der Waals surface area contributed by atoms with E-state index in [0.29, 0.717) is 24.2 Å². The van der Waals surface area contributed by atoms with Crippen molar-refractivity contribution in [2.24, 2.45) is 0 Å². The molecule has 0 aromatic heterocycles. The summed E-state index contributed by atoms with van der Waals surface area (Å²) >= 11 is 0. The number of rotatable bonds is 24. The Morgan fingerprint density at radius 2 is 1.18 bits per heavy atom. The van der Waals surface area contributed by atoms with Crippen LogP contribution in [0.2, 0.25) is 0 Å². The predicted molar refractivity (Wildman–Crippen MR) is 140 cm³/mol. The van der Waals surface area contributed by atoms with Crippen molar-refractivity contribution in [2.45, 2.75) is 142 Å². The van der Waals surface area contributed by atoms with E-state index in [2.05, 4.69) is 13.5 Å². The molecule has 0 fully saturated rings. The van der Waals surface area contributed by atoms with Crippen LogP contribution in [0.5, 0.6) is 0 Å². The van der Waals surface area contributed by atoms with Crippen molar-refractivity contribution >= 4 is 11.9 Å². The first-order valence-corrected chi connectivity index (χ1v) is 13.7. The van der Waals surface area contributed by atoms with E-state index in [0.717, 1.165) is 32.1 Å². The van der Waals surface area contributed by atoms with Crippen LogP contribution in [0, 0.1) is 0 Å². The smallest absolute Gasteiger partial charge is 0.333 e. The number of allylic oxidation sites excluding steroid dienone is 1. The molecule has 0 aliphatic carbocycles. The maximum atomic E-state index is 12.0. The van der Waals surface area contributed by atoms with Crippen LogP contribution in [-0.4, -0.2) is 23.7 Å². The number of aliphatic carboxylic acids is 1. The first-order valence-electron chi connectivity index (χ1n) is 13.7. The summed E-state index contributed by atoms with van der Waals surface area (Å²) in [6.07, 6.45) is 26.1. The Bertz CT molecular complexity index is 536. The minimum absolute atomic E-state index is 0.284. The van der Waals surface area contributed by atoms with Crippen LogP contribution in [0.25, 0.3) is 0 Å². The van der Waals surface area contributed by atoms with Gasteiger partial charge in [-0.3, -0.25) is 0 Å². The molecule has 0 saturated heterocycles. The zero-order valence-corrected chi connectivity index (χ0v) is 21.8. The molecule has 0 aromatic carbocycles. The second-order valence-corrected chi connectivity index (χ2v) is 9.48. The van der Waals surface area contributed by atoms with Crippen LogP contribution in [0.4, 0.5) is 0 Å². The minimum Gasteiger partial charge on any atom is -0.478 e. The van der Waals surface area contributed by atoms with Gasteiger partial charge in [-0.1, -0.05) is 116 Å². The fourth-order valence-corrected chi connectivity index (χ4v) is 3.91. The van der Waals surface area contributed by atoms with E-state index >= 15 is 0 Å². The van der Waals surface area contributed by atoms with Crippen molar-refractivity contribution in [1.29, 1.82) is 0 Å². The van der Waals surface area contributed by atoms with Gasteiger partial charge in [-0.05, 0) is 39.0 Å². The van der Waals surface area contributed by atoms with Gasteiger partial charge in [-0.2, -0.15) is 0 Å². The molecule has 4 heteroatoms. The predicted octanol–water partition coefficient (Wildman–Crippen LogP) is 8.94. The lowest BCUT2D eigenvalue weighted by atomic mass is 10.0. The molecular weight excluding hydrogens is 412 g/mol. The van der Waals surface area contributed by atoms with Gasteiger partial charge < -0.3 is 9.84 Å². The number of hydrogen-bond donors (Lipinski definition) is 1. The number of hydrogen-bond acceptors (Lipinski definition) is 3. The van der Waals surface area contributed by atoms with Crippen LogP contribution in [0.1, 0.15) is 142 Å². The normalized spacial score (nSPS) is 11.5. The summed E-state index contributed by atoms with van der Waals surface area (Å²) in [6.45, 7) is 8.10. The van der Waals surface area contributed by atoms with E-state index in [9.17, 15) is 9.59 Å². The maximum Gasteiger partial charge on any atom is 0.333 e. The molecule has 0 rings (SSSR count). The first kappa shape index (κ1) is 31.4. The highest BCUT2D eigenvalue weighted by Crippen LogP contribution is 2.15. The van der Waals surface area contributed by atoms with Crippen molar-refractivity contribution in [3.8, 4) is 0 Å². The summed E-state index contributed by atoms with van der Waals surface area (Å²) in [7, 11) is 0. The van der Waals surface area contributed by atoms with Gasteiger partial charge in [0.05, 0.1) is 6.61 Å². The topological polar surface area (TPSA) is 63.6 Å². The van der Waals surface area contributed by atoms with Gasteiger partial charge in [0.1, 0.15) is 0 Å². The van der Waals surface area contributed by atoms with Crippen molar-refractivity contribution in [2.75, 3.05) is 6.61 Å². The summed E-state index contributed by atoms with van der Waals surface area (Å²) in [5.41, 5.74) is 0.932. The van der Waals surface area contributed by atoms with Crippen molar-refractivity contribution in [3.05, 3.63) is 23.8 Å². The molecule has 4 nitrogen and oxygen atoms in total. The zero-order chi connectivity index (χ0) is 24.6. The highest BCUT2D eigenvalue weighted by atomic mass is 16.5. The van der Waals surface area contributed by atoms with E-state index in [1.165, 1.54) is 89.9 Å². The van der Waals surface area contributed by atoms with Gasteiger partial charge >= 0.3 is 11.9 Å². The number of unbranched alkanes of at least 4 members (excludes halogenated alkanes) is 17. The van der Waals surface area contributed by atoms with Crippen LogP contribution in [0.15, 0.2) is 23.8 Å². The fraction of sp³-hybridized carbons (Fsp3) is 0.793. The van der Waals surface area contributed by atoms with Crippen molar-refractivity contribution in [3.63, 3.8) is 0 Å². The van der Waals surface area contributed by atoms with Crippen LogP contribution in [-0.2, 0) is 14.3 Å². The van der Waals surface area contributed by atoms with E-state index in [1.807, 2.05) is 0 Å². The molecule has 0 saturated carbocycles. The van der Waals surface area contributed by atoms with Gasteiger partial charge in [0, 0.05) is 11.1 Å². The van der Waals surface area contributed by atoms with E-state index in [1.54, 1.807) is 13.0 Å². The molecule has 0 aliphatic heterocycles. The number of carbonyl (C=O) groups excluding carboxylic acids is 1. The third-order valence-electron chi connectivity index (χ3n) is 6.24. The minimum atomic E-state index is -0.883. The Morgan fingerprint density at radius 3 is 1.64 bits per heavy atom. The number of carboxylic acids is 1. The molecule has 192 valence electrons. The molecule has 0 radical (unpaired) electrons.